The second kappa shape index (κ2) is 9.53. The Kier molecular flexibility index (Phi) is 6.98. The number of aromatic hydroxyl groups is 2. The van der Waals surface area contributed by atoms with E-state index in [4.69, 9.17) is 5.73 Å². The van der Waals surface area contributed by atoms with Crippen molar-refractivity contribution in [3.8, 4) is 11.5 Å². The van der Waals surface area contributed by atoms with E-state index in [2.05, 4.69) is 10.0 Å². The van der Waals surface area contributed by atoms with Gasteiger partial charge in [0.1, 0.15) is 17.3 Å². The number of benzene rings is 2. The van der Waals surface area contributed by atoms with Gasteiger partial charge in [-0.3, -0.25) is 14.6 Å². The number of phenols is 2. The number of piperazine rings is 1. The van der Waals surface area contributed by atoms with Crippen molar-refractivity contribution in [2.24, 2.45) is 16.8 Å². The van der Waals surface area contributed by atoms with Crippen LogP contribution < -0.4 is 5.73 Å². The van der Waals surface area contributed by atoms with Gasteiger partial charge in [0, 0.05) is 32.1 Å². The predicted molar refractivity (Wildman–Crippen MR) is 145 cm³/mol. The number of ketones is 2. The molecule has 2 aliphatic carbocycles. The third-order valence-corrected chi connectivity index (χ3v) is 8.26. The van der Waals surface area contributed by atoms with Crippen LogP contribution in [0.15, 0.2) is 28.6 Å². The highest BCUT2D eigenvalue weighted by atomic mass is 35.5. The van der Waals surface area contributed by atoms with Gasteiger partial charge in [-0.05, 0) is 56.3 Å². The average molecular weight is 545 g/mol. The number of fused-ring (bicyclic) bond motifs is 3. The number of carbonyl (C=O) groups is 2. The zero-order chi connectivity index (χ0) is 27.0. The first-order valence-corrected chi connectivity index (χ1v) is 12.4. The molecule has 38 heavy (non-hydrogen) atoms. The third kappa shape index (κ3) is 3.78. The summed E-state index contributed by atoms with van der Waals surface area (Å²) >= 11 is 0. The fourth-order valence-electron chi connectivity index (χ4n) is 5.93. The summed E-state index contributed by atoms with van der Waals surface area (Å²) < 4.78 is 0. The van der Waals surface area contributed by atoms with Crippen LogP contribution in [0.5, 0.6) is 11.5 Å². The zero-order valence-electron chi connectivity index (χ0n) is 21.8. The zero-order valence-corrected chi connectivity index (χ0v) is 22.6. The minimum absolute atomic E-state index is 0. The fourth-order valence-corrected chi connectivity index (χ4v) is 5.93. The Hall–Kier alpha value is -3.18. The summed E-state index contributed by atoms with van der Waals surface area (Å²) in [7, 11) is 2.00. The maximum Gasteiger partial charge on any atom is 0.206 e. The molecule has 0 unspecified atom stereocenters. The number of carbonyl (C=O) groups excluding carboxylic acids is 2. The molecule has 2 aromatic rings. The van der Waals surface area contributed by atoms with Crippen LogP contribution in [0, 0.1) is 19.8 Å². The maximum atomic E-state index is 13.9. The van der Waals surface area contributed by atoms with E-state index in [0.29, 0.717) is 35.2 Å². The van der Waals surface area contributed by atoms with E-state index in [0.717, 1.165) is 13.1 Å². The number of hydrogen-bond donors (Lipinski definition) is 5. The molecule has 0 aromatic heterocycles. The number of aliphatic hydroxyl groups is 2. The maximum absolute atomic E-state index is 13.9. The molecular formula is C27H33ClN4O6. The average Bonchev–Trinajstić information content (AvgIpc) is 2.85. The molecule has 1 fully saturated rings. The summed E-state index contributed by atoms with van der Waals surface area (Å²) in [5.41, 5.74) is 5.04. The van der Waals surface area contributed by atoms with E-state index >= 15 is 0 Å². The molecule has 204 valence electrons. The third-order valence-electron chi connectivity index (χ3n) is 8.26. The van der Waals surface area contributed by atoms with E-state index in [1.54, 1.807) is 31.0 Å². The van der Waals surface area contributed by atoms with Crippen molar-refractivity contribution < 1.29 is 30.0 Å². The number of aryl methyl sites for hydroxylation is 2. The number of nitrogens with two attached hydrogens (primary N) is 1. The molecule has 0 amide bonds. The molecular weight excluding hydrogens is 512 g/mol. The lowest BCUT2D eigenvalue weighted by atomic mass is 9.61. The Bertz CT molecular complexity index is 1430. The molecule has 3 atom stereocenters. The first-order chi connectivity index (χ1) is 17.4. The summed E-state index contributed by atoms with van der Waals surface area (Å²) in [5.74, 6) is -4.16. The summed E-state index contributed by atoms with van der Waals surface area (Å²) in [6, 6.07) is 2.16. The van der Waals surface area contributed by atoms with Gasteiger partial charge >= 0.3 is 0 Å². The quantitative estimate of drug-likeness (QED) is 0.355. The standard InChI is InChI=1S/C27H32N4O6.ClH/c1-12-5-6-15-13(2)16-11-17-21(28)24(34)18(14(3)29-31-9-7-30(4)8-10-31)25(35)27(17,37)26(36)20(16)23(33)19(15)22(12)32;/h5-6,17,21,32-33,35,37H,7-11,28H2,1-4H3;1H/b29-14+;/t17-,21+,27+;/m0./s1. The van der Waals surface area contributed by atoms with Gasteiger partial charge in [-0.2, -0.15) is 5.10 Å². The SMILES string of the molecule is C/C(=N\N1CCN(C)CC1)C1=C(O)[C@@]2(O)C(=O)c3c(c(C)c4ccc(C)c(O)c4c3O)C[C@H]2[C@@H](N)C1=O.Cl. The Morgan fingerprint density at radius 3 is 2.34 bits per heavy atom. The molecule has 6 N–H and O–H groups in total. The van der Waals surface area contributed by atoms with Crippen LogP contribution in [0.2, 0.25) is 0 Å². The topological polar surface area (TPSA) is 160 Å². The molecule has 0 radical (unpaired) electrons. The van der Waals surface area contributed by atoms with Gasteiger partial charge in [0.2, 0.25) is 5.78 Å². The Labute approximate surface area is 226 Å². The molecule has 11 heteroatoms. The van der Waals surface area contributed by atoms with Crippen LogP contribution in [0.25, 0.3) is 10.8 Å². The number of likely N-dealkylation sites (N-methyl/N-ethyl adjacent to an activating group) is 1. The van der Waals surface area contributed by atoms with Crippen molar-refractivity contribution in [2.75, 3.05) is 33.2 Å². The minimum Gasteiger partial charge on any atom is -0.508 e. The van der Waals surface area contributed by atoms with Gasteiger partial charge in [-0.15, -0.1) is 12.4 Å². The second-order valence-corrected chi connectivity index (χ2v) is 10.4. The number of halogens is 1. The number of hydrogen-bond acceptors (Lipinski definition) is 10. The predicted octanol–water partition coefficient (Wildman–Crippen LogP) is 1.72. The van der Waals surface area contributed by atoms with Gasteiger partial charge < -0.3 is 31.1 Å². The van der Waals surface area contributed by atoms with E-state index in [1.807, 2.05) is 7.05 Å². The van der Waals surface area contributed by atoms with Crippen LogP contribution >= 0.6 is 12.4 Å². The fraction of sp³-hybridized carbons (Fsp3) is 0.444. The van der Waals surface area contributed by atoms with Crippen LogP contribution in [0.1, 0.15) is 34.0 Å². The van der Waals surface area contributed by atoms with E-state index in [1.165, 1.54) is 6.92 Å². The first-order valence-electron chi connectivity index (χ1n) is 12.4. The summed E-state index contributed by atoms with van der Waals surface area (Å²) in [5, 5.41) is 51.9. The number of rotatable bonds is 2. The Morgan fingerprint density at radius 2 is 1.71 bits per heavy atom. The van der Waals surface area contributed by atoms with Crippen molar-refractivity contribution in [2.45, 2.75) is 38.8 Å². The molecule has 0 spiro atoms. The highest BCUT2D eigenvalue weighted by molar-refractivity contribution is 6.26. The highest BCUT2D eigenvalue weighted by Crippen LogP contribution is 2.50. The highest BCUT2D eigenvalue weighted by Gasteiger charge is 2.60. The van der Waals surface area contributed by atoms with Gasteiger partial charge in [-0.1, -0.05) is 12.1 Å². The smallest absolute Gasteiger partial charge is 0.206 e. The van der Waals surface area contributed by atoms with E-state index in [9.17, 15) is 30.0 Å². The van der Waals surface area contributed by atoms with Crippen molar-refractivity contribution in [1.29, 1.82) is 0 Å². The largest absolute Gasteiger partial charge is 0.508 e. The number of hydrazone groups is 1. The Morgan fingerprint density at radius 1 is 1.08 bits per heavy atom. The number of nitrogens with zero attached hydrogens (tertiary/aromatic N) is 3. The van der Waals surface area contributed by atoms with Crippen LogP contribution in [0.4, 0.5) is 0 Å². The van der Waals surface area contributed by atoms with Crippen molar-refractivity contribution in [3.63, 3.8) is 0 Å². The number of aliphatic hydroxyl groups excluding tert-OH is 1. The van der Waals surface area contributed by atoms with Crippen molar-refractivity contribution in [3.05, 3.63) is 45.7 Å². The van der Waals surface area contributed by atoms with Gasteiger partial charge in [0.15, 0.2) is 11.4 Å². The normalized spacial score (nSPS) is 26.4. The van der Waals surface area contributed by atoms with E-state index < -0.39 is 40.6 Å². The van der Waals surface area contributed by atoms with E-state index in [-0.39, 0.29) is 46.8 Å². The van der Waals surface area contributed by atoms with Crippen LogP contribution in [-0.4, -0.2) is 92.5 Å². The van der Waals surface area contributed by atoms with Crippen LogP contribution in [-0.2, 0) is 11.2 Å². The van der Waals surface area contributed by atoms with Gasteiger partial charge in [0.25, 0.3) is 0 Å². The van der Waals surface area contributed by atoms with Crippen LogP contribution in [0.3, 0.4) is 0 Å². The number of Topliss-reactive ketones (excluding diaryl/α,β-unsaturated/α-hetero) is 2. The second-order valence-electron chi connectivity index (χ2n) is 10.4. The monoisotopic (exact) mass is 544 g/mol. The first kappa shape index (κ1) is 27.8. The lowest BCUT2D eigenvalue weighted by Crippen LogP contribution is -2.63. The molecule has 1 heterocycles. The molecule has 2 aromatic carbocycles. The number of phenolic OH excluding ortho intramolecular Hbond substituents is 2. The summed E-state index contributed by atoms with van der Waals surface area (Å²) in [6.45, 7) is 7.73. The molecule has 0 bridgehead atoms. The lowest BCUT2D eigenvalue weighted by Gasteiger charge is -2.45. The molecule has 0 saturated carbocycles. The minimum atomic E-state index is -2.54. The molecule has 3 aliphatic rings. The van der Waals surface area contributed by atoms with Gasteiger partial charge in [0.05, 0.1) is 28.3 Å². The Balaban J connectivity index is 0.00000336. The van der Waals surface area contributed by atoms with Crippen molar-refractivity contribution >= 4 is 40.5 Å². The molecule has 1 aliphatic heterocycles. The van der Waals surface area contributed by atoms with Gasteiger partial charge in [-0.25, -0.2) is 0 Å². The molecule has 5 rings (SSSR count). The lowest BCUT2D eigenvalue weighted by molar-refractivity contribution is -0.122. The summed E-state index contributed by atoms with van der Waals surface area (Å²) in [4.78, 5) is 29.5. The molecule has 10 nitrogen and oxygen atoms in total. The summed E-state index contributed by atoms with van der Waals surface area (Å²) in [6.07, 6.45) is -0.0273. The molecule has 1 saturated heterocycles. The van der Waals surface area contributed by atoms with Crippen molar-refractivity contribution in [1.82, 2.24) is 9.91 Å².